The first-order valence-corrected chi connectivity index (χ1v) is 11.4. The van der Waals surface area contributed by atoms with E-state index in [-0.39, 0.29) is 40.2 Å². The Hall–Kier alpha value is -3.63. The van der Waals surface area contributed by atoms with Crippen LogP contribution in [0.1, 0.15) is 39.3 Å². The molecule has 8 nitrogen and oxygen atoms in total. The summed E-state index contributed by atoms with van der Waals surface area (Å²) in [5.41, 5.74) is 6.86. The highest BCUT2D eigenvalue weighted by atomic mass is 35.5. The van der Waals surface area contributed by atoms with E-state index in [1.165, 1.54) is 6.20 Å². The molecule has 182 valence electrons. The lowest BCUT2D eigenvalue weighted by Gasteiger charge is -2.23. The Morgan fingerprint density at radius 2 is 1.97 bits per heavy atom. The van der Waals surface area contributed by atoms with Gasteiger partial charge in [0, 0.05) is 35.8 Å². The highest BCUT2D eigenvalue weighted by molar-refractivity contribution is 6.31. The molecule has 0 bridgehead atoms. The predicted octanol–water partition coefficient (Wildman–Crippen LogP) is 3.07. The van der Waals surface area contributed by atoms with Crippen molar-refractivity contribution in [3.63, 3.8) is 0 Å². The number of nitrogens with two attached hydrogens (primary N) is 1. The van der Waals surface area contributed by atoms with E-state index in [1.54, 1.807) is 24.3 Å². The number of amides is 2. The third-order valence-electron chi connectivity index (χ3n) is 5.63. The predicted molar refractivity (Wildman–Crippen MR) is 128 cm³/mol. The van der Waals surface area contributed by atoms with E-state index < -0.39 is 23.4 Å². The second-order valence-corrected chi connectivity index (χ2v) is 8.47. The highest BCUT2D eigenvalue weighted by Gasteiger charge is 2.21. The Labute approximate surface area is 205 Å². The number of halogens is 3. The lowest BCUT2D eigenvalue weighted by Crippen LogP contribution is -2.46. The number of hydrogen-bond donors (Lipinski definition) is 4. The maximum atomic E-state index is 14.0. The van der Waals surface area contributed by atoms with Crippen LogP contribution in [0.15, 0.2) is 42.6 Å². The summed E-state index contributed by atoms with van der Waals surface area (Å²) in [6.45, 7) is 1.28. The molecule has 3 aromatic rings. The minimum Gasteiger partial charge on any atom is -0.382 e. The van der Waals surface area contributed by atoms with Crippen LogP contribution in [-0.4, -0.2) is 40.9 Å². The number of rotatable bonds is 6. The first-order valence-electron chi connectivity index (χ1n) is 11.0. The number of benzene rings is 2. The molecule has 11 heteroatoms. The van der Waals surface area contributed by atoms with E-state index in [1.807, 2.05) is 0 Å². The number of carbonyl (C=O) groups is 2. The largest absolute Gasteiger partial charge is 0.382 e. The average molecular weight is 501 g/mol. The summed E-state index contributed by atoms with van der Waals surface area (Å²) in [5, 5.41) is 8.28. The van der Waals surface area contributed by atoms with Crippen molar-refractivity contribution in [2.24, 2.45) is 0 Å². The molecule has 1 aromatic heterocycles. The molecule has 1 aliphatic rings. The molecule has 4 rings (SSSR count). The Kier molecular flexibility index (Phi) is 7.52. The first-order chi connectivity index (χ1) is 16.8. The van der Waals surface area contributed by atoms with Gasteiger partial charge in [0.2, 0.25) is 0 Å². The molecule has 0 unspecified atom stereocenters. The van der Waals surface area contributed by atoms with Gasteiger partial charge in [0.15, 0.2) is 11.5 Å². The maximum Gasteiger partial charge on any atom is 0.274 e. The summed E-state index contributed by atoms with van der Waals surface area (Å²) < 4.78 is 27.6. The van der Waals surface area contributed by atoms with E-state index in [2.05, 4.69) is 25.9 Å². The van der Waals surface area contributed by atoms with Gasteiger partial charge in [-0.3, -0.25) is 9.59 Å². The van der Waals surface area contributed by atoms with Gasteiger partial charge in [0.05, 0.1) is 16.9 Å². The van der Waals surface area contributed by atoms with Crippen molar-refractivity contribution < 1.29 is 18.4 Å². The molecule has 1 aliphatic heterocycles. The molecule has 1 fully saturated rings. The Bertz CT molecular complexity index is 1270. The monoisotopic (exact) mass is 500 g/mol. The molecule has 0 radical (unpaired) electrons. The minimum absolute atomic E-state index is 0.000788. The number of piperidine rings is 1. The van der Waals surface area contributed by atoms with Gasteiger partial charge in [0.1, 0.15) is 11.6 Å². The van der Waals surface area contributed by atoms with E-state index >= 15 is 0 Å². The van der Waals surface area contributed by atoms with Crippen LogP contribution in [0.5, 0.6) is 0 Å². The van der Waals surface area contributed by atoms with Gasteiger partial charge in [-0.05, 0) is 43.7 Å². The summed E-state index contributed by atoms with van der Waals surface area (Å²) >= 11 is 5.82. The van der Waals surface area contributed by atoms with Crippen molar-refractivity contribution in [1.82, 2.24) is 25.9 Å². The zero-order valence-corrected chi connectivity index (χ0v) is 19.3. The lowest BCUT2D eigenvalue weighted by molar-refractivity contribution is 0.0923. The second kappa shape index (κ2) is 10.7. The fourth-order valence-electron chi connectivity index (χ4n) is 3.75. The van der Waals surface area contributed by atoms with Crippen LogP contribution < -0.4 is 21.7 Å². The summed E-state index contributed by atoms with van der Waals surface area (Å²) in [4.78, 5) is 33.9. The Morgan fingerprint density at radius 3 is 2.74 bits per heavy atom. The molecule has 5 N–H and O–H groups in total. The number of carbonyl (C=O) groups excluding carboxylic acids is 2. The third-order valence-corrected chi connectivity index (χ3v) is 6.04. The molecule has 1 saturated heterocycles. The molecular weight excluding hydrogens is 478 g/mol. The maximum absolute atomic E-state index is 14.0. The Balaban J connectivity index is 1.50. The number of anilines is 1. The molecule has 35 heavy (non-hydrogen) atoms. The van der Waals surface area contributed by atoms with Crippen molar-refractivity contribution in [2.75, 3.05) is 18.8 Å². The van der Waals surface area contributed by atoms with Gasteiger partial charge < -0.3 is 21.7 Å². The van der Waals surface area contributed by atoms with Crippen LogP contribution in [-0.2, 0) is 6.54 Å². The van der Waals surface area contributed by atoms with Crippen LogP contribution in [0.25, 0.3) is 11.3 Å². The standard InChI is InChI=1S/C24H23ClF2N6O2/c25-20-16(17(26)6-7-18(20)27)11-31-23(34)14-4-1-3-13(9-14)19-12-30-22(28)21(33-19)24(35)32-15-5-2-8-29-10-15/h1,3-4,6-7,9,12,15,29H,2,5,8,10-11H2,(H2,28,30)(H,31,34)(H,32,35)/t15-/m0/s1. The SMILES string of the molecule is Nc1ncc(-c2cccc(C(=O)NCc3c(F)ccc(F)c3Cl)c2)nc1C(=O)N[C@H]1CCCNC1. The van der Waals surface area contributed by atoms with Crippen molar-refractivity contribution in [3.05, 3.63) is 76.1 Å². The molecule has 2 aromatic carbocycles. The van der Waals surface area contributed by atoms with Crippen LogP contribution in [0.3, 0.4) is 0 Å². The number of nitrogens with zero attached hydrogens (tertiary/aromatic N) is 2. The van der Waals surface area contributed by atoms with Crippen molar-refractivity contribution in [2.45, 2.75) is 25.4 Å². The molecule has 0 spiro atoms. The molecule has 0 aliphatic carbocycles. The summed E-state index contributed by atoms with van der Waals surface area (Å²) in [5.74, 6) is -2.46. The van der Waals surface area contributed by atoms with E-state index in [4.69, 9.17) is 17.3 Å². The fraction of sp³-hybridized carbons (Fsp3) is 0.250. The molecule has 1 atom stereocenters. The topological polar surface area (TPSA) is 122 Å². The van der Waals surface area contributed by atoms with E-state index in [0.717, 1.165) is 31.5 Å². The molecule has 2 heterocycles. The zero-order chi connectivity index (χ0) is 24.9. The molecule has 0 saturated carbocycles. The number of nitrogens with one attached hydrogen (secondary N) is 3. The van der Waals surface area contributed by atoms with Crippen molar-refractivity contribution >= 4 is 29.2 Å². The second-order valence-electron chi connectivity index (χ2n) is 8.09. The lowest BCUT2D eigenvalue weighted by atomic mass is 10.1. The Morgan fingerprint density at radius 1 is 1.17 bits per heavy atom. The number of aromatic nitrogens is 2. The summed E-state index contributed by atoms with van der Waals surface area (Å²) in [6.07, 6.45) is 3.22. The van der Waals surface area contributed by atoms with Crippen LogP contribution in [0.4, 0.5) is 14.6 Å². The summed E-state index contributed by atoms with van der Waals surface area (Å²) in [6, 6.07) is 8.27. The van der Waals surface area contributed by atoms with E-state index in [9.17, 15) is 18.4 Å². The van der Waals surface area contributed by atoms with Gasteiger partial charge in [-0.15, -0.1) is 0 Å². The highest BCUT2D eigenvalue weighted by Crippen LogP contribution is 2.23. The zero-order valence-electron chi connectivity index (χ0n) is 18.6. The van der Waals surface area contributed by atoms with Gasteiger partial charge in [-0.25, -0.2) is 18.7 Å². The van der Waals surface area contributed by atoms with Crippen molar-refractivity contribution in [1.29, 1.82) is 0 Å². The van der Waals surface area contributed by atoms with Crippen LogP contribution >= 0.6 is 11.6 Å². The fourth-order valence-corrected chi connectivity index (χ4v) is 3.98. The number of nitrogen functional groups attached to an aromatic ring is 1. The quantitative estimate of drug-likeness (QED) is 0.386. The van der Waals surface area contributed by atoms with Gasteiger partial charge in [0.25, 0.3) is 11.8 Å². The average Bonchev–Trinajstić information content (AvgIpc) is 2.87. The van der Waals surface area contributed by atoms with Crippen molar-refractivity contribution in [3.8, 4) is 11.3 Å². The van der Waals surface area contributed by atoms with Gasteiger partial charge >= 0.3 is 0 Å². The van der Waals surface area contributed by atoms with Crippen LogP contribution in [0, 0.1) is 11.6 Å². The van der Waals surface area contributed by atoms with Gasteiger partial charge in [-0.1, -0.05) is 23.7 Å². The van der Waals surface area contributed by atoms with Crippen LogP contribution in [0.2, 0.25) is 5.02 Å². The number of hydrogen-bond acceptors (Lipinski definition) is 6. The van der Waals surface area contributed by atoms with E-state index in [0.29, 0.717) is 17.8 Å². The molecular formula is C24H23ClF2N6O2. The normalized spacial score (nSPS) is 15.5. The molecule has 2 amide bonds. The smallest absolute Gasteiger partial charge is 0.274 e. The van der Waals surface area contributed by atoms with Gasteiger partial charge in [-0.2, -0.15) is 0 Å². The first kappa shape index (κ1) is 24.5. The summed E-state index contributed by atoms with van der Waals surface area (Å²) in [7, 11) is 0. The third kappa shape index (κ3) is 5.72. The minimum atomic E-state index is -0.777.